The highest BCUT2D eigenvalue weighted by atomic mass is 16.5. The molecular weight excluding hydrogens is 240 g/mol. The first-order valence-corrected chi connectivity index (χ1v) is 6.34. The molecular formula is C14H16N4O. The fraction of sp³-hybridized carbons (Fsp3) is 0.286. The summed E-state index contributed by atoms with van der Waals surface area (Å²) in [4.78, 5) is 10.7. The monoisotopic (exact) mass is 256 g/mol. The highest BCUT2D eigenvalue weighted by Gasteiger charge is 2.19. The van der Waals surface area contributed by atoms with Crippen LogP contribution in [-0.2, 0) is 0 Å². The Balaban J connectivity index is 2.09. The molecule has 0 spiro atoms. The molecule has 1 aliphatic rings. The maximum atomic E-state index is 5.82. The van der Waals surface area contributed by atoms with Crippen LogP contribution in [0.1, 0.15) is 12.2 Å². The summed E-state index contributed by atoms with van der Waals surface area (Å²) in [5.41, 5.74) is 6.84. The number of benzene rings is 1. The molecule has 5 nitrogen and oxygen atoms in total. The van der Waals surface area contributed by atoms with Crippen LogP contribution in [0.25, 0.3) is 0 Å². The van der Waals surface area contributed by atoms with E-state index >= 15 is 0 Å². The van der Waals surface area contributed by atoms with E-state index < -0.39 is 0 Å². The third-order valence-electron chi connectivity index (χ3n) is 3.06. The molecule has 0 fully saturated rings. The van der Waals surface area contributed by atoms with E-state index in [2.05, 4.69) is 14.9 Å². The second-order valence-corrected chi connectivity index (χ2v) is 4.52. The fourth-order valence-electron chi connectivity index (χ4n) is 2.28. The second kappa shape index (κ2) is 4.76. The average Bonchev–Trinajstić information content (AvgIpc) is 2.59. The van der Waals surface area contributed by atoms with Crippen LogP contribution >= 0.6 is 0 Å². The minimum atomic E-state index is 0.491. The normalized spacial score (nSPS) is 14.5. The number of nitrogens with two attached hydrogens (primary N) is 1. The SMILES string of the molecule is Cc1nc(N)cc(N2CCCOc3ccccc32)n1. The highest BCUT2D eigenvalue weighted by molar-refractivity contribution is 5.68. The Hall–Kier alpha value is -2.30. The fourth-order valence-corrected chi connectivity index (χ4v) is 2.28. The van der Waals surface area contributed by atoms with Crippen molar-refractivity contribution in [3.05, 3.63) is 36.2 Å². The summed E-state index contributed by atoms with van der Waals surface area (Å²) in [5.74, 6) is 2.88. The van der Waals surface area contributed by atoms with E-state index in [1.54, 1.807) is 6.07 Å². The number of fused-ring (bicyclic) bond motifs is 1. The summed E-state index contributed by atoms with van der Waals surface area (Å²) < 4.78 is 5.74. The Kier molecular flexibility index (Phi) is 2.95. The summed E-state index contributed by atoms with van der Waals surface area (Å²) in [6.45, 7) is 3.42. The Morgan fingerprint density at radius 1 is 1.26 bits per heavy atom. The first-order chi connectivity index (χ1) is 9.24. The molecule has 0 saturated heterocycles. The van der Waals surface area contributed by atoms with Gasteiger partial charge in [-0.1, -0.05) is 12.1 Å². The number of anilines is 3. The van der Waals surface area contributed by atoms with E-state index in [4.69, 9.17) is 10.5 Å². The van der Waals surface area contributed by atoms with Gasteiger partial charge in [0.15, 0.2) is 0 Å². The van der Waals surface area contributed by atoms with Crippen molar-refractivity contribution in [2.45, 2.75) is 13.3 Å². The molecule has 1 aliphatic heterocycles. The van der Waals surface area contributed by atoms with Crippen molar-refractivity contribution in [2.75, 3.05) is 23.8 Å². The van der Waals surface area contributed by atoms with Gasteiger partial charge in [0, 0.05) is 12.6 Å². The van der Waals surface area contributed by atoms with Crippen LogP contribution in [0, 0.1) is 6.92 Å². The minimum Gasteiger partial charge on any atom is -0.491 e. The van der Waals surface area contributed by atoms with Crippen LogP contribution in [0.2, 0.25) is 0 Å². The van der Waals surface area contributed by atoms with Crippen molar-refractivity contribution in [3.63, 3.8) is 0 Å². The number of rotatable bonds is 1. The van der Waals surface area contributed by atoms with Crippen molar-refractivity contribution in [2.24, 2.45) is 0 Å². The molecule has 3 rings (SSSR count). The topological polar surface area (TPSA) is 64.3 Å². The van der Waals surface area contributed by atoms with Gasteiger partial charge in [-0.3, -0.25) is 0 Å². The van der Waals surface area contributed by atoms with Gasteiger partial charge in [0.25, 0.3) is 0 Å². The zero-order valence-corrected chi connectivity index (χ0v) is 10.8. The van der Waals surface area contributed by atoms with Crippen molar-refractivity contribution in [1.82, 2.24) is 9.97 Å². The van der Waals surface area contributed by atoms with Gasteiger partial charge in [-0.2, -0.15) is 0 Å². The number of nitrogens with zero attached hydrogens (tertiary/aromatic N) is 3. The Bertz CT molecular complexity index is 579. The number of hydrogen-bond donors (Lipinski definition) is 1. The number of aryl methyl sites for hydroxylation is 1. The number of aromatic nitrogens is 2. The molecule has 0 bridgehead atoms. The minimum absolute atomic E-state index is 0.491. The standard InChI is InChI=1S/C14H16N4O/c1-10-16-13(15)9-14(17-10)18-7-4-8-19-12-6-3-2-5-11(12)18/h2-3,5-6,9H,4,7-8H2,1H3,(H2,15,16,17). The zero-order chi connectivity index (χ0) is 13.2. The quantitative estimate of drug-likeness (QED) is 0.848. The maximum Gasteiger partial charge on any atom is 0.142 e. The lowest BCUT2D eigenvalue weighted by atomic mass is 10.2. The smallest absolute Gasteiger partial charge is 0.142 e. The highest BCUT2D eigenvalue weighted by Crippen LogP contribution is 2.35. The van der Waals surface area contributed by atoms with Crippen molar-refractivity contribution in [1.29, 1.82) is 0 Å². The van der Waals surface area contributed by atoms with Crippen LogP contribution in [0.5, 0.6) is 5.75 Å². The molecule has 98 valence electrons. The van der Waals surface area contributed by atoms with Crippen LogP contribution in [0.3, 0.4) is 0 Å². The van der Waals surface area contributed by atoms with Crippen molar-refractivity contribution in [3.8, 4) is 5.75 Å². The lowest BCUT2D eigenvalue weighted by Crippen LogP contribution is -2.19. The third-order valence-corrected chi connectivity index (χ3v) is 3.06. The largest absolute Gasteiger partial charge is 0.491 e. The van der Waals surface area contributed by atoms with E-state index in [-0.39, 0.29) is 0 Å². The van der Waals surface area contributed by atoms with Crippen LogP contribution < -0.4 is 15.4 Å². The Morgan fingerprint density at radius 2 is 2.11 bits per heavy atom. The molecule has 1 aromatic carbocycles. The summed E-state index contributed by atoms with van der Waals surface area (Å²) in [6.07, 6.45) is 0.942. The first-order valence-electron chi connectivity index (χ1n) is 6.34. The van der Waals surface area contributed by atoms with E-state index in [0.717, 1.165) is 30.2 Å². The van der Waals surface area contributed by atoms with Gasteiger partial charge in [-0.05, 0) is 25.5 Å². The maximum absolute atomic E-state index is 5.82. The lowest BCUT2D eigenvalue weighted by Gasteiger charge is -2.23. The average molecular weight is 256 g/mol. The first kappa shape index (κ1) is 11.8. The molecule has 2 heterocycles. The van der Waals surface area contributed by atoms with Gasteiger partial charge in [0.1, 0.15) is 23.2 Å². The molecule has 0 aliphatic carbocycles. The van der Waals surface area contributed by atoms with Crippen LogP contribution in [0.4, 0.5) is 17.3 Å². The molecule has 2 N–H and O–H groups in total. The van der Waals surface area contributed by atoms with E-state index in [1.165, 1.54) is 0 Å². The van der Waals surface area contributed by atoms with Crippen molar-refractivity contribution >= 4 is 17.3 Å². The molecule has 0 atom stereocenters. The number of nitrogen functional groups attached to an aromatic ring is 1. The van der Waals surface area contributed by atoms with Gasteiger partial charge in [-0.15, -0.1) is 0 Å². The molecule has 2 aromatic rings. The molecule has 1 aromatic heterocycles. The van der Waals surface area contributed by atoms with E-state index in [0.29, 0.717) is 18.2 Å². The number of hydrogen-bond acceptors (Lipinski definition) is 5. The number of ether oxygens (including phenoxy) is 1. The van der Waals surface area contributed by atoms with Gasteiger partial charge < -0.3 is 15.4 Å². The summed E-state index contributed by atoms with van der Waals surface area (Å²) in [7, 11) is 0. The second-order valence-electron chi connectivity index (χ2n) is 4.52. The van der Waals surface area contributed by atoms with Gasteiger partial charge in [0.2, 0.25) is 0 Å². The summed E-state index contributed by atoms with van der Waals surface area (Å²) in [6, 6.07) is 9.79. The number of para-hydroxylation sites is 2. The lowest BCUT2D eigenvalue weighted by molar-refractivity contribution is 0.322. The van der Waals surface area contributed by atoms with Gasteiger partial charge in [0.05, 0.1) is 12.3 Å². The van der Waals surface area contributed by atoms with Crippen molar-refractivity contribution < 1.29 is 4.74 Å². The third kappa shape index (κ3) is 2.31. The molecule has 0 saturated carbocycles. The van der Waals surface area contributed by atoms with Crippen LogP contribution in [0.15, 0.2) is 30.3 Å². The molecule has 0 unspecified atom stereocenters. The van der Waals surface area contributed by atoms with Gasteiger partial charge >= 0.3 is 0 Å². The predicted octanol–water partition coefficient (Wildman–Crippen LogP) is 2.29. The summed E-state index contributed by atoms with van der Waals surface area (Å²) in [5, 5.41) is 0. The van der Waals surface area contributed by atoms with Crippen LogP contribution in [-0.4, -0.2) is 23.1 Å². The zero-order valence-electron chi connectivity index (χ0n) is 10.8. The Labute approximate surface area is 112 Å². The predicted molar refractivity (Wildman–Crippen MR) is 74.7 cm³/mol. The summed E-state index contributed by atoms with van der Waals surface area (Å²) >= 11 is 0. The molecule has 0 amide bonds. The molecule has 5 heteroatoms. The van der Waals surface area contributed by atoms with E-state index in [9.17, 15) is 0 Å². The van der Waals surface area contributed by atoms with E-state index in [1.807, 2.05) is 31.2 Å². The molecule has 19 heavy (non-hydrogen) atoms. The molecule has 0 radical (unpaired) electrons. The Morgan fingerprint density at radius 3 is 2.95 bits per heavy atom. The van der Waals surface area contributed by atoms with Gasteiger partial charge in [-0.25, -0.2) is 9.97 Å².